The van der Waals surface area contributed by atoms with Crippen LogP contribution in [0.1, 0.15) is 17.7 Å². The molecule has 0 aliphatic carbocycles. The van der Waals surface area contributed by atoms with Gasteiger partial charge in [0.15, 0.2) is 11.5 Å². The van der Waals surface area contributed by atoms with Crippen molar-refractivity contribution in [1.82, 2.24) is 4.98 Å². The van der Waals surface area contributed by atoms with Crippen molar-refractivity contribution in [2.24, 2.45) is 0 Å². The first-order valence-electron chi connectivity index (χ1n) is 5.36. The second-order valence-corrected chi connectivity index (χ2v) is 3.62. The Morgan fingerprint density at radius 3 is 2.38 bits per heavy atom. The topological polar surface area (TPSA) is 57.7 Å². The Labute approximate surface area is 115 Å². The van der Waals surface area contributed by atoms with E-state index in [0.717, 1.165) is 14.2 Å². The minimum atomic E-state index is -5.10. The summed E-state index contributed by atoms with van der Waals surface area (Å²) in [7, 11) is 1.93. The number of halogens is 5. The summed E-state index contributed by atoms with van der Waals surface area (Å²) in [6.07, 6.45) is -8.41. The molecule has 0 radical (unpaired) electrons. The van der Waals surface area contributed by atoms with Gasteiger partial charge in [-0.3, -0.25) is 9.78 Å². The maximum absolute atomic E-state index is 13.0. The first kappa shape index (κ1) is 16.9. The van der Waals surface area contributed by atoms with Gasteiger partial charge in [0.25, 0.3) is 6.43 Å². The average Bonchev–Trinajstić information content (AvgIpc) is 2.37. The van der Waals surface area contributed by atoms with Crippen LogP contribution < -0.4 is 9.47 Å². The van der Waals surface area contributed by atoms with Crippen molar-refractivity contribution in [3.05, 3.63) is 17.5 Å². The molecule has 1 heterocycles. The van der Waals surface area contributed by atoms with E-state index in [0.29, 0.717) is 6.20 Å². The highest BCUT2D eigenvalue weighted by atomic mass is 19.4. The summed E-state index contributed by atoms with van der Waals surface area (Å²) < 4.78 is 75.0. The van der Waals surface area contributed by atoms with Crippen LogP contribution in [0.5, 0.6) is 11.5 Å². The van der Waals surface area contributed by atoms with Crippen LogP contribution in [-0.2, 0) is 16.0 Å². The van der Waals surface area contributed by atoms with Crippen LogP contribution in [0.3, 0.4) is 0 Å². The summed E-state index contributed by atoms with van der Waals surface area (Å²) >= 11 is 0. The summed E-state index contributed by atoms with van der Waals surface area (Å²) in [6.45, 7) is 0. The van der Waals surface area contributed by atoms with E-state index >= 15 is 0 Å². The molecule has 0 spiro atoms. The molecule has 0 N–H and O–H groups in total. The molecule has 118 valence electrons. The third-order valence-electron chi connectivity index (χ3n) is 2.30. The van der Waals surface area contributed by atoms with E-state index in [4.69, 9.17) is 0 Å². The number of alkyl halides is 5. The van der Waals surface area contributed by atoms with Gasteiger partial charge in [0.2, 0.25) is 0 Å². The Hall–Kier alpha value is -2.13. The molecule has 0 bridgehead atoms. The van der Waals surface area contributed by atoms with Gasteiger partial charge in [-0.2, -0.15) is 0 Å². The Morgan fingerprint density at radius 2 is 1.95 bits per heavy atom. The summed E-state index contributed by atoms with van der Waals surface area (Å²) in [5, 5.41) is 0. The van der Waals surface area contributed by atoms with Gasteiger partial charge in [0.05, 0.1) is 38.1 Å². The summed E-state index contributed by atoms with van der Waals surface area (Å²) in [4.78, 5) is 14.5. The number of hydrogen-bond acceptors (Lipinski definition) is 5. The van der Waals surface area contributed by atoms with E-state index in [1.54, 1.807) is 0 Å². The fourth-order valence-corrected chi connectivity index (χ4v) is 1.51. The monoisotopic (exact) mass is 315 g/mol. The summed E-state index contributed by atoms with van der Waals surface area (Å²) in [5.74, 6) is -2.74. The number of methoxy groups -OCH3 is 2. The van der Waals surface area contributed by atoms with Crippen molar-refractivity contribution in [3.63, 3.8) is 0 Å². The number of carbonyl (C=O) groups excluding carboxylic acids is 1. The molecule has 10 heteroatoms. The molecule has 0 aliphatic heterocycles. The van der Waals surface area contributed by atoms with Gasteiger partial charge in [0.1, 0.15) is 0 Å². The lowest BCUT2D eigenvalue weighted by Gasteiger charge is -2.17. The first-order valence-corrected chi connectivity index (χ1v) is 5.36. The lowest BCUT2D eigenvalue weighted by atomic mass is 10.1. The third kappa shape index (κ3) is 4.43. The van der Waals surface area contributed by atoms with E-state index in [-0.39, 0.29) is 0 Å². The molecule has 1 aromatic rings. The molecule has 0 aromatic carbocycles. The van der Waals surface area contributed by atoms with Crippen molar-refractivity contribution in [3.8, 4) is 11.5 Å². The van der Waals surface area contributed by atoms with Crippen LogP contribution in [0.15, 0.2) is 6.20 Å². The normalized spacial score (nSPS) is 11.4. The lowest BCUT2D eigenvalue weighted by molar-refractivity contribution is -0.275. The van der Waals surface area contributed by atoms with Gasteiger partial charge in [-0.15, -0.1) is 13.2 Å². The molecule has 0 fully saturated rings. The molecule has 0 atom stereocenters. The molecule has 1 aromatic heterocycles. The average molecular weight is 315 g/mol. The van der Waals surface area contributed by atoms with Crippen LogP contribution in [0.25, 0.3) is 0 Å². The molecule has 1 rings (SSSR count). The van der Waals surface area contributed by atoms with Crippen molar-refractivity contribution in [1.29, 1.82) is 0 Å². The predicted molar refractivity (Wildman–Crippen MR) is 58.1 cm³/mol. The van der Waals surface area contributed by atoms with E-state index in [1.807, 2.05) is 0 Å². The van der Waals surface area contributed by atoms with Crippen molar-refractivity contribution in [2.75, 3.05) is 14.2 Å². The molecular weight excluding hydrogens is 305 g/mol. The maximum atomic E-state index is 13.0. The first-order chi connectivity index (χ1) is 9.69. The number of aromatic nitrogens is 1. The van der Waals surface area contributed by atoms with E-state index < -0.39 is 47.9 Å². The Balaban J connectivity index is 3.34. The molecule has 0 amide bonds. The molecule has 0 saturated heterocycles. The molecule has 0 saturated carbocycles. The van der Waals surface area contributed by atoms with Gasteiger partial charge in [-0.05, 0) is 0 Å². The zero-order valence-electron chi connectivity index (χ0n) is 10.8. The van der Waals surface area contributed by atoms with Crippen molar-refractivity contribution < 1.29 is 41.0 Å². The fraction of sp³-hybridized carbons (Fsp3) is 0.455. The summed E-state index contributed by atoms with van der Waals surface area (Å²) in [5.41, 5.74) is -1.41. The number of esters is 1. The number of nitrogens with zero attached hydrogens (tertiary/aromatic N) is 1. The van der Waals surface area contributed by atoms with Crippen molar-refractivity contribution in [2.45, 2.75) is 19.2 Å². The highest BCUT2D eigenvalue weighted by Gasteiger charge is 2.35. The van der Waals surface area contributed by atoms with Gasteiger partial charge in [0, 0.05) is 0 Å². The molecule has 5 nitrogen and oxygen atoms in total. The van der Waals surface area contributed by atoms with Crippen LogP contribution >= 0.6 is 0 Å². The van der Waals surface area contributed by atoms with Gasteiger partial charge < -0.3 is 14.2 Å². The zero-order valence-corrected chi connectivity index (χ0v) is 10.8. The highest BCUT2D eigenvalue weighted by molar-refractivity contribution is 5.73. The van der Waals surface area contributed by atoms with Crippen LogP contribution in [0.2, 0.25) is 0 Å². The van der Waals surface area contributed by atoms with Crippen LogP contribution in [-0.4, -0.2) is 31.5 Å². The predicted octanol–water partition coefficient (Wildman–Crippen LogP) is 2.64. The Kier molecular flexibility index (Phi) is 5.28. The fourth-order valence-electron chi connectivity index (χ4n) is 1.51. The number of hydrogen-bond donors (Lipinski definition) is 0. The quantitative estimate of drug-likeness (QED) is 0.617. The van der Waals surface area contributed by atoms with Gasteiger partial charge in [-0.25, -0.2) is 8.78 Å². The van der Waals surface area contributed by atoms with E-state index in [2.05, 4.69) is 19.2 Å². The van der Waals surface area contributed by atoms with Gasteiger partial charge >= 0.3 is 12.3 Å². The lowest BCUT2D eigenvalue weighted by Crippen LogP contribution is -2.19. The Bertz CT molecular complexity index is 518. The largest absolute Gasteiger partial charge is 0.573 e. The number of ether oxygens (including phenoxy) is 3. The van der Waals surface area contributed by atoms with Gasteiger partial charge in [-0.1, -0.05) is 0 Å². The van der Waals surface area contributed by atoms with Crippen LogP contribution in [0.4, 0.5) is 22.0 Å². The second-order valence-electron chi connectivity index (χ2n) is 3.62. The smallest absolute Gasteiger partial charge is 0.492 e. The summed E-state index contributed by atoms with van der Waals surface area (Å²) in [6, 6.07) is 0. The molecule has 0 aliphatic rings. The SMILES string of the molecule is COC(=O)Cc1ncc(OC(F)(F)F)c(OC)c1C(F)F. The Morgan fingerprint density at radius 1 is 1.33 bits per heavy atom. The molecule has 21 heavy (non-hydrogen) atoms. The van der Waals surface area contributed by atoms with E-state index in [1.165, 1.54) is 0 Å². The minimum Gasteiger partial charge on any atom is -0.492 e. The third-order valence-corrected chi connectivity index (χ3v) is 2.30. The number of carbonyl (C=O) groups is 1. The number of rotatable bonds is 5. The molecular formula is C11H10F5NO4. The zero-order chi connectivity index (χ0) is 16.2. The van der Waals surface area contributed by atoms with Crippen LogP contribution in [0, 0.1) is 0 Å². The standard InChI is InChI=1S/C11H10F5NO4/c1-19-7(18)3-5-8(10(12)13)9(20-2)6(4-17-5)21-11(14,15)16/h4,10H,3H2,1-2H3. The van der Waals surface area contributed by atoms with E-state index in [9.17, 15) is 26.7 Å². The number of pyridine rings is 1. The highest BCUT2D eigenvalue weighted by Crippen LogP contribution is 2.40. The second kappa shape index (κ2) is 6.55. The minimum absolute atomic E-state index is 0.455. The molecule has 0 unspecified atom stereocenters. The van der Waals surface area contributed by atoms with Crippen molar-refractivity contribution >= 4 is 5.97 Å². The maximum Gasteiger partial charge on any atom is 0.573 e.